The molecule has 0 bridgehead atoms. The molecular formula is C24H22F2N4O. The minimum absolute atomic E-state index is 0.0884. The first kappa shape index (κ1) is 19.6. The summed E-state index contributed by atoms with van der Waals surface area (Å²) < 4.78 is 35.1. The van der Waals surface area contributed by atoms with Crippen molar-refractivity contribution < 1.29 is 13.5 Å². The smallest absolute Gasteiger partial charge is 0.178 e. The van der Waals surface area contributed by atoms with Gasteiger partial charge in [0.2, 0.25) is 0 Å². The Bertz CT molecular complexity index is 1190. The van der Waals surface area contributed by atoms with Crippen LogP contribution in [0.25, 0.3) is 11.3 Å². The average Bonchev–Trinajstić information content (AvgIpc) is 3.22. The van der Waals surface area contributed by atoms with Gasteiger partial charge in [-0.1, -0.05) is 12.1 Å². The fourth-order valence-corrected chi connectivity index (χ4v) is 4.13. The zero-order valence-corrected chi connectivity index (χ0v) is 17.4. The lowest BCUT2D eigenvalue weighted by Crippen LogP contribution is -2.38. The highest BCUT2D eigenvalue weighted by Gasteiger charge is 2.25. The number of ether oxygens (including phenoxy) is 1. The Kier molecular flexibility index (Phi) is 4.88. The van der Waals surface area contributed by atoms with Crippen LogP contribution in [-0.4, -0.2) is 35.4 Å². The van der Waals surface area contributed by atoms with Gasteiger partial charge in [0, 0.05) is 30.7 Å². The highest BCUT2D eigenvalue weighted by molar-refractivity contribution is 5.76. The van der Waals surface area contributed by atoms with Crippen molar-refractivity contribution in [2.24, 2.45) is 4.99 Å². The number of fused-ring (bicyclic) bond motifs is 2. The molecule has 2 aromatic carbocycles. The van der Waals surface area contributed by atoms with E-state index in [2.05, 4.69) is 25.9 Å². The summed E-state index contributed by atoms with van der Waals surface area (Å²) in [6.07, 6.45) is 4.30. The highest BCUT2D eigenvalue weighted by Crippen LogP contribution is 2.39. The Labute approximate surface area is 179 Å². The fraction of sp³-hybridized carbons (Fsp3) is 0.292. The monoisotopic (exact) mass is 420 g/mol. The quantitative estimate of drug-likeness (QED) is 0.604. The van der Waals surface area contributed by atoms with Crippen LogP contribution in [0, 0.1) is 11.6 Å². The number of rotatable bonds is 4. The molecule has 158 valence electrons. The second kappa shape index (κ2) is 7.72. The van der Waals surface area contributed by atoms with E-state index in [-0.39, 0.29) is 17.5 Å². The number of hydrogen-bond donors (Lipinski definition) is 0. The maximum absolute atomic E-state index is 14.8. The molecule has 0 aliphatic carbocycles. The summed E-state index contributed by atoms with van der Waals surface area (Å²) in [5.41, 5.74) is 4.24. The SMILES string of the molecule is CC(C)N1CCOc2c(F)cc(-c3nc(Cc4ccc5c(c4)CC=N5)ncc3F)cc21. The van der Waals surface area contributed by atoms with E-state index in [1.54, 1.807) is 6.07 Å². The molecule has 0 N–H and O–H groups in total. The summed E-state index contributed by atoms with van der Waals surface area (Å²) in [7, 11) is 0. The van der Waals surface area contributed by atoms with Gasteiger partial charge in [0.25, 0.3) is 0 Å². The number of benzene rings is 2. The largest absolute Gasteiger partial charge is 0.486 e. The molecule has 3 heterocycles. The van der Waals surface area contributed by atoms with Crippen LogP contribution >= 0.6 is 0 Å². The molecule has 3 aromatic rings. The van der Waals surface area contributed by atoms with Crippen molar-refractivity contribution in [2.75, 3.05) is 18.1 Å². The maximum Gasteiger partial charge on any atom is 0.178 e. The summed E-state index contributed by atoms with van der Waals surface area (Å²) in [5.74, 6) is -0.418. The predicted molar refractivity (Wildman–Crippen MR) is 116 cm³/mol. The van der Waals surface area contributed by atoms with Crippen LogP contribution in [0.3, 0.4) is 0 Å². The molecule has 5 rings (SSSR count). The number of halogens is 2. The zero-order valence-electron chi connectivity index (χ0n) is 17.4. The summed E-state index contributed by atoms with van der Waals surface area (Å²) in [6.45, 7) is 5.13. The van der Waals surface area contributed by atoms with E-state index in [0.29, 0.717) is 36.6 Å². The van der Waals surface area contributed by atoms with Gasteiger partial charge in [-0.2, -0.15) is 0 Å². The van der Waals surface area contributed by atoms with E-state index >= 15 is 0 Å². The first-order chi connectivity index (χ1) is 15.0. The van der Waals surface area contributed by atoms with E-state index in [1.165, 1.54) is 6.07 Å². The second-order valence-electron chi connectivity index (χ2n) is 8.08. The lowest BCUT2D eigenvalue weighted by Gasteiger charge is -2.34. The third kappa shape index (κ3) is 3.65. The van der Waals surface area contributed by atoms with E-state index in [1.807, 2.05) is 32.2 Å². The highest BCUT2D eigenvalue weighted by atomic mass is 19.1. The number of aromatic nitrogens is 2. The van der Waals surface area contributed by atoms with Gasteiger partial charge in [0.15, 0.2) is 17.4 Å². The van der Waals surface area contributed by atoms with Gasteiger partial charge in [-0.3, -0.25) is 4.99 Å². The molecule has 0 unspecified atom stereocenters. The van der Waals surface area contributed by atoms with Gasteiger partial charge in [-0.25, -0.2) is 18.7 Å². The summed E-state index contributed by atoms with van der Waals surface area (Å²) in [5, 5.41) is 0. The van der Waals surface area contributed by atoms with Gasteiger partial charge >= 0.3 is 0 Å². The molecule has 0 amide bonds. The standard InChI is InChI=1S/C24H22F2N4O/c1-14(2)30-7-8-31-24-18(25)11-17(12-21(24)30)23-19(26)13-28-22(29-23)10-15-3-4-20-16(9-15)5-6-27-20/h3-4,6,9,11-14H,5,7-8,10H2,1-2H3. The van der Waals surface area contributed by atoms with Crippen LogP contribution in [0.5, 0.6) is 5.75 Å². The van der Waals surface area contributed by atoms with Crippen molar-refractivity contribution >= 4 is 17.6 Å². The number of nitrogens with zero attached hydrogens (tertiary/aromatic N) is 4. The lowest BCUT2D eigenvalue weighted by atomic mass is 10.0. The van der Waals surface area contributed by atoms with Crippen molar-refractivity contribution in [3.05, 3.63) is 65.1 Å². The van der Waals surface area contributed by atoms with E-state index in [9.17, 15) is 8.78 Å². The molecule has 7 heteroatoms. The van der Waals surface area contributed by atoms with Crippen LogP contribution in [0.4, 0.5) is 20.2 Å². The normalized spacial score (nSPS) is 14.5. The Balaban J connectivity index is 1.51. The van der Waals surface area contributed by atoms with E-state index < -0.39 is 11.6 Å². The van der Waals surface area contributed by atoms with Crippen LogP contribution < -0.4 is 9.64 Å². The zero-order chi connectivity index (χ0) is 21.5. The minimum Gasteiger partial charge on any atom is -0.486 e. The third-order valence-corrected chi connectivity index (χ3v) is 5.65. The van der Waals surface area contributed by atoms with Crippen molar-refractivity contribution in [2.45, 2.75) is 32.7 Å². The van der Waals surface area contributed by atoms with Crippen LogP contribution in [0.1, 0.15) is 30.8 Å². The Morgan fingerprint density at radius 1 is 1.13 bits per heavy atom. The van der Waals surface area contributed by atoms with Gasteiger partial charge in [0.1, 0.15) is 18.1 Å². The predicted octanol–water partition coefficient (Wildman–Crippen LogP) is 4.88. The summed E-state index contributed by atoms with van der Waals surface area (Å²) >= 11 is 0. The minimum atomic E-state index is -0.585. The van der Waals surface area contributed by atoms with Crippen LogP contribution in [0.15, 0.2) is 41.5 Å². The van der Waals surface area contributed by atoms with Gasteiger partial charge in [-0.05, 0) is 43.2 Å². The van der Waals surface area contributed by atoms with Crippen molar-refractivity contribution in [3.8, 4) is 17.0 Å². The molecule has 1 aromatic heterocycles. The van der Waals surface area contributed by atoms with E-state index in [4.69, 9.17) is 4.74 Å². The molecule has 31 heavy (non-hydrogen) atoms. The summed E-state index contributed by atoms with van der Waals surface area (Å²) in [4.78, 5) is 15.0. The maximum atomic E-state index is 14.8. The molecule has 5 nitrogen and oxygen atoms in total. The van der Waals surface area contributed by atoms with Crippen molar-refractivity contribution in [1.82, 2.24) is 9.97 Å². The third-order valence-electron chi connectivity index (χ3n) is 5.65. The average molecular weight is 420 g/mol. The molecular weight excluding hydrogens is 398 g/mol. The lowest BCUT2D eigenvalue weighted by molar-refractivity contribution is 0.287. The van der Waals surface area contributed by atoms with E-state index in [0.717, 1.165) is 29.4 Å². The van der Waals surface area contributed by atoms with Gasteiger partial charge in [-0.15, -0.1) is 0 Å². The molecule has 2 aliphatic rings. The first-order valence-corrected chi connectivity index (χ1v) is 10.4. The number of hydrogen-bond acceptors (Lipinski definition) is 5. The number of anilines is 1. The van der Waals surface area contributed by atoms with Crippen LogP contribution in [-0.2, 0) is 12.8 Å². The molecule has 0 spiro atoms. The Morgan fingerprint density at radius 2 is 2.00 bits per heavy atom. The topological polar surface area (TPSA) is 50.6 Å². The molecule has 2 aliphatic heterocycles. The van der Waals surface area contributed by atoms with Gasteiger partial charge < -0.3 is 9.64 Å². The summed E-state index contributed by atoms with van der Waals surface area (Å²) in [6, 6.07) is 9.21. The van der Waals surface area contributed by atoms with Crippen molar-refractivity contribution in [3.63, 3.8) is 0 Å². The second-order valence-corrected chi connectivity index (χ2v) is 8.08. The fourth-order valence-electron chi connectivity index (χ4n) is 4.13. The first-order valence-electron chi connectivity index (χ1n) is 10.4. The molecule has 0 atom stereocenters. The molecule has 0 saturated heterocycles. The Morgan fingerprint density at radius 3 is 2.84 bits per heavy atom. The van der Waals surface area contributed by atoms with Gasteiger partial charge in [0.05, 0.1) is 24.1 Å². The molecule has 0 fully saturated rings. The Hall–Kier alpha value is -3.35. The van der Waals surface area contributed by atoms with Crippen LogP contribution in [0.2, 0.25) is 0 Å². The number of aliphatic imine (C=N–C) groups is 1. The van der Waals surface area contributed by atoms with Crippen molar-refractivity contribution in [1.29, 1.82) is 0 Å². The molecule has 0 radical (unpaired) electrons. The molecule has 0 saturated carbocycles.